The number of H-pyrrole nitrogens is 1. The molecule has 1 aromatic heterocycles. The van der Waals surface area contributed by atoms with Gasteiger partial charge in [0.2, 0.25) is 0 Å². The van der Waals surface area contributed by atoms with Crippen molar-refractivity contribution in [2.24, 2.45) is 0 Å². The summed E-state index contributed by atoms with van der Waals surface area (Å²) in [4.78, 5) is 12.1. The zero-order valence-electron chi connectivity index (χ0n) is 12.7. The van der Waals surface area contributed by atoms with Gasteiger partial charge in [-0.15, -0.1) is 0 Å². The minimum absolute atomic E-state index is 0.404. The number of hydrogen-bond acceptors (Lipinski definition) is 3. The molecule has 0 fully saturated rings. The number of amides is 2. The van der Waals surface area contributed by atoms with Crippen molar-refractivity contribution in [2.45, 2.75) is 0 Å². The van der Waals surface area contributed by atoms with Gasteiger partial charge in [0, 0.05) is 16.1 Å². The first kappa shape index (κ1) is 15.9. The lowest BCUT2D eigenvalue weighted by atomic mass is 10.2. The van der Waals surface area contributed by atoms with Gasteiger partial charge >= 0.3 is 6.03 Å². The minimum atomic E-state index is -0.414. The van der Waals surface area contributed by atoms with Crippen molar-refractivity contribution < 1.29 is 9.53 Å². The van der Waals surface area contributed by atoms with Gasteiger partial charge in [0.15, 0.2) is 5.82 Å². The summed E-state index contributed by atoms with van der Waals surface area (Å²) >= 11 is 5.90. The molecule has 0 aliphatic carbocycles. The van der Waals surface area contributed by atoms with E-state index in [0.29, 0.717) is 28.9 Å². The average Bonchev–Trinajstić information content (AvgIpc) is 2.95. The summed E-state index contributed by atoms with van der Waals surface area (Å²) in [5, 5.41) is 13.7. The Balaban J connectivity index is 1.76. The number of aromatic nitrogens is 2. The summed E-state index contributed by atoms with van der Waals surface area (Å²) in [5.41, 5.74) is 1.38. The van der Waals surface area contributed by atoms with Crippen molar-refractivity contribution in [2.75, 3.05) is 17.2 Å². The second-order valence-corrected chi connectivity index (χ2v) is 5.41. The second kappa shape index (κ2) is 7.06. The number of hydrogen-bond donors (Lipinski definition) is 3. The highest BCUT2D eigenvalue weighted by molar-refractivity contribution is 6.30. The third kappa shape index (κ3) is 3.67. The standard InChI is InChI=1S/C17H15ClN4O2/c1-2-8-24-13-6-7-15-14(10-13)16(22-21-15)20-17(23)19-12-5-3-4-11(18)9-12/h2-7,9-10H,1,8H2,(H3,19,20,21,22,23). The maximum absolute atomic E-state index is 12.1. The Morgan fingerprint density at radius 2 is 2.17 bits per heavy atom. The molecule has 6 nitrogen and oxygen atoms in total. The lowest BCUT2D eigenvalue weighted by Crippen LogP contribution is -2.19. The predicted octanol–water partition coefficient (Wildman–Crippen LogP) is 4.43. The number of nitrogens with zero attached hydrogens (tertiary/aromatic N) is 1. The highest BCUT2D eigenvalue weighted by Crippen LogP contribution is 2.25. The summed E-state index contributed by atoms with van der Waals surface area (Å²) in [6.45, 7) is 4.02. The Kier molecular flexibility index (Phi) is 4.67. The maximum Gasteiger partial charge on any atom is 0.324 e. The SMILES string of the molecule is C=CCOc1ccc2[nH]nc(NC(=O)Nc3cccc(Cl)c3)c2c1. The normalized spacial score (nSPS) is 10.4. The number of anilines is 2. The highest BCUT2D eigenvalue weighted by Gasteiger charge is 2.10. The van der Waals surface area contributed by atoms with Crippen molar-refractivity contribution in [3.05, 3.63) is 60.1 Å². The van der Waals surface area contributed by atoms with Crippen molar-refractivity contribution in [1.82, 2.24) is 10.2 Å². The van der Waals surface area contributed by atoms with Crippen molar-refractivity contribution in [1.29, 1.82) is 0 Å². The minimum Gasteiger partial charge on any atom is -0.490 e. The van der Waals surface area contributed by atoms with Crippen LogP contribution in [0.25, 0.3) is 10.9 Å². The number of fused-ring (bicyclic) bond motifs is 1. The number of carbonyl (C=O) groups excluding carboxylic acids is 1. The fourth-order valence-electron chi connectivity index (χ4n) is 2.17. The molecular weight excluding hydrogens is 328 g/mol. The van der Waals surface area contributed by atoms with Gasteiger partial charge in [0.25, 0.3) is 0 Å². The quantitative estimate of drug-likeness (QED) is 0.600. The Morgan fingerprint density at radius 1 is 1.29 bits per heavy atom. The molecule has 0 aliphatic heterocycles. The van der Waals surface area contributed by atoms with Gasteiger partial charge in [0.05, 0.1) is 5.52 Å². The van der Waals surface area contributed by atoms with E-state index < -0.39 is 6.03 Å². The van der Waals surface area contributed by atoms with E-state index in [4.69, 9.17) is 16.3 Å². The third-order valence-electron chi connectivity index (χ3n) is 3.22. The van der Waals surface area contributed by atoms with E-state index in [1.165, 1.54) is 0 Å². The molecule has 24 heavy (non-hydrogen) atoms. The molecule has 1 heterocycles. The first-order valence-electron chi connectivity index (χ1n) is 7.21. The number of carbonyl (C=O) groups is 1. The Bertz CT molecular complexity index is 891. The van der Waals surface area contributed by atoms with E-state index in [1.807, 2.05) is 12.1 Å². The van der Waals surface area contributed by atoms with Crippen LogP contribution >= 0.6 is 11.6 Å². The number of benzene rings is 2. The van der Waals surface area contributed by atoms with E-state index >= 15 is 0 Å². The second-order valence-electron chi connectivity index (χ2n) is 4.97. The molecule has 3 rings (SSSR count). The van der Waals surface area contributed by atoms with Gasteiger partial charge < -0.3 is 10.1 Å². The van der Waals surface area contributed by atoms with Crippen molar-refractivity contribution in [3.8, 4) is 5.75 Å². The van der Waals surface area contributed by atoms with Crippen LogP contribution in [0.3, 0.4) is 0 Å². The maximum atomic E-state index is 12.1. The topological polar surface area (TPSA) is 79.0 Å². The number of rotatable bonds is 5. The Morgan fingerprint density at radius 3 is 2.96 bits per heavy atom. The number of aromatic amines is 1. The smallest absolute Gasteiger partial charge is 0.324 e. The highest BCUT2D eigenvalue weighted by atomic mass is 35.5. The molecular formula is C17H15ClN4O2. The monoisotopic (exact) mass is 342 g/mol. The van der Waals surface area contributed by atoms with Crippen LogP contribution in [0.2, 0.25) is 5.02 Å². The zero-order chi connectivity index (χ0) is 16.9. The van der Waals surface area contributed by atoms with Crippen LogP contribution in [-0.2, 0) is 0 Å². The molecule has 0 atom stereocenters. The number of nitrogens with one attached hydrogen (secondary N) is 3. The van der Waals surface area contributed by atoms with Crippen LogP contribution in [0.1, 0.15) is 0 Å². The summed E-state index contributed by atoms with van der Waals surface area (Å²) in [6, 6.07) is 11.9. The van der Waals surface area contributed by atoms with Gasteiger partial charge in [-0.3, -0.25) is 10.4 Å². The number of halogens is 1. The molecule has 2 amide bonds. The Hall–Kier alpha value is -2.99. The van der Waals surface area contributed by atoms with E-state index in [-0.39, 0.29) is 0 Å². The predicted molar refractivity (Wildman–Crippen MR) is 95.9 cm³/mol. The summed E-state index contributed by atoms with van der Waals surface area (Å²) in [7, 11) is 0. The van der Waals surface area contributed by atoms with Crippen LogP contribution < -0.4 is 15.4 Å². The van der Waals surface area contributed by atoms with Gasteiger partial charge in [-0.1, -0.05) is 30.3 Å². The fraction of sp³-hybridized carbons (Fsp3) is 0.0588. The molecule has 2 aromatic carbocycles. The first-order chi connectivity index (χ1) is 11.7. The van der Waals surface area contributed by atoms with Crippen LogP contribution in [0.4, 0.5) is 16.3 Å². The van der Waals surface area contributed by atoms with Crippen molar-refractivity contribution >= 4 is 40.0 Å². The van der Waals surface area contributed by atoms with E-state index in [1.54, 1.807) is 36.4 Å². The molecule has 0 radical (unpaired) electrons. The van der Waals surface area contributed by atoms with Gasteiger partial charge in [-0.25, -0.2) is 4.79 Å². The molecule has 3 aromatic rings. The molecule has 0 unspecified atom stereocenters. The van der Waals surface area contributed by atoms with E-state index in [2.05, 4.69) is 27.4 Å². The number of urea groups is 1. The summed E-state index contributed by atoms with van der Waals surface area (Å²) in [5.74, 6) is 1.08. The lowest BCUT2D eigenvalue weighted by Gasteiger charge is -2.07. The van der Waals surface area contributed by atoms with Crippen LogP contribution in [0, 0.1) is 0 Å². The molecule has 0 saturated heterocycles. The van der Waals surface area contributed by atoms with E-state index in [9.17, 15) is 4.79 Å². The molecule has 0 saturated carbocycles. The summed E-state index contributed by atoms with van der Waals surface area (Å²) in [6.07, 6.45) is 1.66. The Labute approximate surface area is 143 Å². The largest absolute Gasteiger partial charge is 0.490 e. The van der Waals surface area contributed by atoms with Crippen LogP contribution in [0.15, 0.2) is 55.1 Å². The summed E-state index contributed by atoms with van der Waals surface area (Å²) < 4.78 is 5.50. The average molecular weight is 343 g/mol. The molecule has 0 aliphatic rings. The molecule has 3 N–H and O–H groups in total. The van der Waals surface area contributed by atoms with Crippen molar-refractivity contribution in [3.63, 3.8) is 0 Å². The lowest BCUT2D eigenvalue weighted by molar-refractivity contribution is 0.262. The molecule has 0 spiro atoms. The van der Waals surface area contributed by atoms with Gasteiger partial charge in [-0.2, -0.15) is 5.10 Å². The third-order valence-corrected chi connectivity index (χ3v) is 3.45. The van der Waals surface area contributed by atoms with Gasteiger partial charge in [-0.05, 0) is 36.4 Å². The molecule has 7 heteroatoms. The fourth-order valence-corrected chi connectivity index (χ4v) is 2.36. The van der Waals surface area contributed by atoms with Crippen LogP contribution in [-0.4, -0.2) is 22.8 Å². The molecule has 122 valence electrons. The zero-order valence-corrected chi connectivity index (χ0v) is 13.4. The first-order valence-corrected chi connectivity index (χ1v) is 7.59. The van der Waals surface area contributed by atoms with Gasteiger partial charge in [0.1, 0.15) is 12.4 Å². The van der Waals surface area contributed by atoms with E-state index in [0.717, 1.165) is 10.9 Å². The molecule has 0 bridgehead atoms. The van der Waals surface area contributed by atoms with Crippen LogP contribution in [0.5, 0.6) is 5.75 Å². The number of ether oxygens (including phenoxy) is 1.